The fourth-order valence-electron chi connectivity index (χ4n) is 3.13. The Kier molecular flexibility index (Phi) is 4.87. The molecule has 3 heterocycles. The molecule has 4 rings (SSSR count). The lowest BCUT2D eigenvalue weighted by Gasteiger charge is -2.31. The number of benzene rings is 1. The lowest BCUT2D eigenvalue weighted by Crippen LogP contribution is -2.47. The number of amides is 2. The highest BCUT2D eigenvalue weighted by molar-refractivity contribution is 7.99. The summed E-state index contributed by atoms with van der Waals surface area (Å²) in [6.07, 6.45) is 1.73. The van der Waals surface area contributed by atoms with Crippen molar-refractivity contribution in [3.8, 4) is 0 Å². The van der Waals surface area contributed by atoms with Gasteiger partial charge in [-0.05, 0) is 24.3 Å². The molecule has 0 bridgehead atoms. The van der Waals surface area contributed by atoms with Gasteiger partial charge in [0, 0.05) is 50.4 Å². The molecule has 2 amide bonds. The van der Waals surface area contributed by atoms with E-state index in [1.54, 1.807) is 22.9 Å². The van der Waals surface area contributed by atoms with Crippen LogP contribution in [0.25, 0.3) is 0 Å². The van der Waals surface area contributed by atoms with E-state index < -0.39 is 0 Å². The van der Waals surface area contributed by atoms with Gasteiger partial charge in [0.15, 0.2) is 5.82 Å². The highest BCUT2D eigenvalue weighted by Crippen LogP contribution is 2.46. The Labute approximate surface area is 151 Å². The van der Waals surface area contributed by atoms with Crippen LogP contribution < -0.4 is 15.5 Å². The lowest BCUT2D eigenvalue weighted by molar-refractivity contribution is 0.231. The summed E-state index contributed by atoms with van der Waals surface area (Å²) >= 11 is 1.65. The van der Waals surface area contributed by atoms with Gasteiger partial charge in [0.05, 0.1) is 10.6 Å². The van der Waals surface area contributed by atoms with Crippen molar-refractivity contribution in [1.82, 2.24) is 20.5 Å². The van der Waals surface area contributed by atoms with Gasteiger partial charge >= 0.3 is 6.03 Å². The number of hydrogen-bond acceptors (Lipinski definition) is 5. The summed E-state index contributed by atoms with van der Waals surface area (Å²) < 4.78 is 0. The molecule has 6 nitrogen and oxygen atoms in total. The number of fused-ring (bicyclic) bond motifs is 2. The van der Waals surface area contributed by atoms with Gasteiger partial charge in [-0.15, -0.1) is 0 Å². The van der Waals surface area contributed by atoms with Crippen LogP contribution in [0.4, 0.5) is 16.3 Å². The van der Waals surface area contributed by atoms with Gasteiger partial charge in [-0.1, -0.05) is 23.9 Å². The maximum Gasteiger partial charge on any atom is 0.327 e. The quantitative estimate of drug-likeness (QED) is 0.885. The van der Waals surface area contributed by atoms with E-state index in [9.17, 15) is 4.79 Å². The third kappa shape index (κ3) is 3.49. The third-order valence-corrected chi connectivity index (χ3v) is 5.51. The van der Waals surface area contributed by atoms with Gasteiger partial charge < -0.3 is 10.6 Å². The number of piperazine rings is 1. The second kappa shape index (κ2) is 7.43. The highest BCUT2D eigenvalue weighted by atomic mass is 32.2. The summed E-state index contributed by atoms with van der Waals surface area (Å²) in [5.41, 5.74) is 0.887. The fourth-order valence-corrected chi connectivity index (χ4v) is 4.16. The van der Waals surface area contributed by atoms with E-state index in [1.807, 2.05) is 36.4 Å². The molecule has 0 radical (unpaired) electrons. The molecule has 2 aromatic rings. The summed E-state index contributed by atoms with van der Waals surface area (Å²) in [7, 11) is 0. The molecule has 0 saturated carbocycles. The number of nitrogens with one attached hydrogen (secondary N) is 2. The van der Waals surface area contributed by atoms with Crippen molar-refractivity contribution in [2.24, 2.45) is 0 Å². The minimum Gasteiger partial charge on any atom is -0.336 e. The zero-order chi connectivity index (χ0) is 17.1. The molecule has 1 fully saturated rings. The predicted octanol–water partition coefficient (Wildman–Crippen LogP) is 2.30. The molecule has 1 aromatic heterocycles. The van der Waals surface area contributed by atoms with Crippen molar-refractivity contribution in [1.29, 1.82) is 0 Å². The normalized spacial score (nSPS) is 16.9. The average molecular weight is 355 g/mol. The number of carbonyl (C=O) groups excluding carboxylic acids is 1. The van der Waals surface area contributed by atoms with Crippen molar-refractivity contribution in [2.45, 2.75) is 9.79 Å². The van der Waals surface area contributed by atoms with Crippen LogP contribution >= 0.6 is 11.8 Å². The number of pyridine rings is 1. The van der Waals surface area contributed by atoms with Crippen molar-refractivity contribution < 1.29 is 4.79 Å². The van der Waals surface area contributed by atoms with Gasteiger partial charge in [-0.2, -0.15) is 0 Å². The van der Waals surface area contributed by atoms with Gasteiger partial charge in [-0.3, -0.25) is 4.90 Å². The Morgan fingerprint density at radius 1 is 1.16 bits per heavy atom. The van der Waals surface area contributed by atoms with Crippen molar-refractivity contribution in [3.05, 3.63) is 42.6 Å². The average Bonchev–Trinajstić information content (AvgIpc) is 2.66. The Bertz CT molecular complexity index is 717. The summed E-state index contributed by atoms with van der Waals surface area (Å²) in [6, 6.07) is 11.7. The van der Waals surface area contributed by atoms with Crippen LogP contribution in [0, 0.1) is 0 Å². The Hall–Kier alpha value is -2.09. The Morgan fingerprint density at radius 2 is 1.96 bits per heavy atom. The molecule has 0 spiro atoms. The Balaban J connectivity index is 1.49. The van der Waals surface area contributed by atoms with E-state index in [2.05, 4.69) is 20.5 Å². The van der Waals surface area contributed by atoms with Crippen LogP contribution in [0.3, 0.4) is 0 Å². The molecule has 25 heavy (non-hydrogen) atoms. The third-order valence-electron chi connectivity index (χ3n) is 4.41. The number of aromatic nitrogens is 1. The van der Waals surface area contributed by atoms with Crippen LogP contribution in [0.2, 0.25) is 0 Å². The van der Waals surface area contributed by atoms with Crippen molar-refractivity contribution in [3.63, 3.8) is 0 Å². The first-order valence-electron chi connectivity index (χ1n) is 8.56. The first kappa shape index (κ1) is 16.4. The molecule has 130 valence electrons. The maximum absolute atomic E-state index is 12.9. The largest absolute Gasteiger partial charge is 0.336 e. The lowest BCUT2D eigenvalue weighted by atomic mass is 10.2. The second-order valence-electron chi connectivity index (χ2n) is 6.05. The van der Waals surface area contributed by atoms with Crippen LogP contribution in [0.1, 0.15) is 0 Å². The molecule has 0 aliphatic carbocycles. The van der Waals surface area contributed by atoms with Crippen molar-refractivity contribution in [2.75, 3.05) is 44.2 Å². The first-order valence-corrected chi connectivity index (χ1v) is 9.37. The zero-order valence-corrected chi connectivity index (χ0v) is 14.8. The van der Waals surface area contributed by atoms with E-state index in [-0.39, 0.29) is 6.03 Å². The van der Waals surface area contributed by atoms with E-state index >= 15 is 0 Å². The minimum atomic E-state index is -0.122. The van der Waals surface area contributed by atoms with E-state index in [0.717, 1.165) is 48.2 Å². The van der Waals surface area contributed by atoms with Gasteiger partial charge in [0.25, 0.3) is 0 Å². The molecule has 2 aliphatic rings. The number of urea groups is 1. The van der Waals surface area contributed by atoms with Crippen LogP contribution in [-0.2, 0) is 0 Å². The van der Waals surface area contributed by atoms with E-state index in [0.29, 0.717) is 12.4 Å². The monoisotopic (exact) mass is 355 g/mol. The number of para-hydroxylation sites is 1. The molecule has 1 aromatic carbocycles. The van der Waals surface area contributed by atoms with Crippen molar-refractivity contribution >= 4 is 29.3 Å². The summed E-state index contributed by atoms with van der Waals surface area (Å²) in [5, 5.41) is 6.40. The highest BCUT2D eigenvalue weighted by Gasteiger charge is 2.29. The second-order valence-corrected chi connectivity index (χ2v) is 7.14. The number of carbonyl (C=O) groups is 1. The fraction of sp³-hybridized carbons (Fsp3) is 0.333. The topological polar surface area (TPSA) is 60.5 Å². The summed E-state index contributed by atoms with van der Waals surface area (Å²) in [5.74, 6) is 0.700. The van der Waals surface area contributed by atoms with Gasteiger partial charge in [-0.25, -0.2) is 14.7 Å². The van der Waals surface area contributed by atoms with E-state index in [1.165, 1.54) is 0 Å². The standard InChI is InChI=1S/C18H21N5OS/c24-18(21-10-13-22-11-8-19-9-12-22)23-14-4-1-2-5-15(14)25-16-6-3-7-20-17(16)23/h1-7,19H,8-13H2,(H,21,24). The number of anilines is 2. The minimum absolute atomic E-state index is 0.122. The van der Waals surface area contributed by atoms with Gasteiger partial charge in [0.1, 0.15) is 0 Å². The van der Waals surface area contributed by atoms with E-state index in [4.69, 9.17) is 0 Å². The van der Waals surface area contributed by atoms with Gasteiger partial charge in [0.2, 0.25) is 0 Å². The Morgan fingerprint density at radius 3 is 2.84 bits per heavy atom. The molecular formula is C18H21N5OS. The molecule has 7 heteroatoms. The van der Waals surface area contributed by atoms with Crippen LogP contribution in [-0.4, -0.2) is 55.2 Å². The predicted molar refractivity (Wildman–Crippen MR) is 99.6 cm³/mol. The molecule has 2 N–H and O–H groups in total. The molecule has 1 saturated heterocycles. The molecular weight excluding hydrogens is 334 g/mol. The summed E-state index contributed by atoms with van der Waals surface area (Å²) in [6.45, 7) is 5.59. The molecule has 2 aliphatic heterocycles. The molecule has 0 unspecified atom stereocenters. The van der Waals surface area contributed by atoms with Crippen LogP contribution in [0.5, 0.6) is 0 Å². The number of rotatable bonds is 3. The van der Waals surface area contributed by atoms with Crippen LogP contribution in [0.15, 0.2) is 52.4 Å². The first-order chi connectivity index (χ1) is 12.3. The SMILES string of the molecule is O=C(NCCN1CCNCC1)N1c2ccccc2Sc2cccnc21. The zero-order valence-electron chi connectivity index (χ0n) is 13.9. The maximum atomic E-state index is 12.9. The number of nitrogens with zero attached hydrogens (tertiary/aromatic N) is 3. The summed E-state index contributed by atoms with van der Waals surface area (Å²) in [4.78, 5) is 23.5. The number of hydrogen-bond donors (Lipinski definition) is 2. The smallest absolute Gasteiger partial charge is 0.327 e. The molecule has 0 atom stereocenters.